The minimum Gasteiger partial charge on any atom is -0.444 e. The van der Waals surface area contributed by atoms with Crippen molar-refractivity contribution in [3.05, 3.63) is 29.3 Å². The van der Waals surface area contributed by atoms with Gasteiger partial charge in [0.05, 0.1) is 12.2 Å². The van der Waals surface area contributed by atoms with Crippen LogP contribution in [0.1, 0.15) is 38.8 Å². The lowest BCUT2D eigenvalue weighted by atomic mass is 9.93. The molecule has 0 saturated carbocycles. The number of ether oxygens (including phenoxy) is 1. The number of carbonyl (C=O) groups excluding carboxylic acids is 1. The zero-order valence-electron chi connectivity index (χ0n) is 14.1. The number of aliphatic hydroxyl groups is 1. The Morgan fingerprint density at radius 2 is 1.83 bits per heavy atom. The van der Waals surface area contributed by atoms with Crippen molar-refractivity contribution in [2.24, 2.45) is 5.73 Å². The highest BCUT2D eigenvalue weighted by atomic mass is 19.4. The maximum absolute atomic E-state index is 12.9. The number of aliphatic hydroxyl groups excluding tert-OH is 1. The maximum atomic E-state index is 12.9. The second-order valence-corrected chi connectivity index (χ2v) is 6.99. The number of nitrogens with two attached hydrogens (primary N) is 1. The number of hydrogen-bond donors (Lipinski definition) is 3. The van der Waals surface area contributed by atoms with Gasteiger partial charge in [-0.3, -0.25) is 5.32 Å². The molecule has 0 aromatic heterocycles. The lowest BCUT2D eigenvalue weighted by Gasteiger charge is -2.25. The van der Waals surface area contributed by atoms with Crippen molar-refractivity contribution >= 4 is 11.8 Å². The molecule has 0 radical (unpaired) electrons. The normalized spacial score (nSPS) is 14.9. The van der Waals surface area contributed by atoms with Gasteiger partial charge in [0, 0.05) is 11.2 Å². The molecule has 1 aromatic rings. The Morgan fingerprint density at radius 3 is 2.29 bits per heavy atom. The van der Waals surface area contributed by atoms with Gasteiger partial charge in [0.1, 0.15) is 5.60 Å². The van der Waals surface area contributed by atoms with Crippen molar-refractivity contribution in [3.63, 3.8) is 0 Å². The largest absolute Gasteiger partial charge is 0.444 e. The number of rotatable bonds is 4. The quantitative estimate of drug-likeness (QED) is 0.779. The first-order valence-corrected chi connectivity index (χ1v) is 7.33. The van der Waals surface area contributed by atoms with Crippen LogP contribution in [0.2, 0.25) is 0 Å². The van der Waals surface area contributed by atoms with E-state index in [1.54, 1.807) is 27.7 Å². The number of carbonyl (C=O) groups is 1. The van der Waals surface area contributed by atoms with E-state index >= 15 is 0 Å². The summed E-state index contributed by atoms with van der Waals surface area (Å²) in [7, 11) is 0. The Morgan fingerprint density at radius 1 is 1.25 bits per heavy atom. The SMILES string of the molecule is CC(N)(CO)Cc1ccc(C(F)(F)F)cc1NC(=O)OC(C)(C)C. The predicted molar refractivity (Wildman–Crippen MR) is 84.7 cm³/mol. The molecule has 1 rings (SSSR count). The zero-order chi connectivity index (χ0) is 18.8. The van der Waals surface area contributed by atoms with E-state index in [1.165, 1.54) is 6.07 Å². The van der Waals surface area contributed by atoms with E-state index in [0.29, 0.717) is 5.56 Å². The van der Waals surface area contributed by atoms with Crippen LogP contribution >= 0.6 is 0 Å². The number of anilines is 1. The third kappa shape index (κ3) is 6.37. The highest BCUT2D eigenvalue weighted by Gasteiger charge is 2.32. The maximum Gasteiger partial charge on any atom is 0.416 e. The number of benzene rings is 1. The molecule has 0 heterocycles. The van der Waals surface area contributed by atoms with E-state index in [9.17, 15) is 23.1 Å². The molecule has 1 aromatic carbocycles. The fourth-order valence-electron chi connectivity index (χ4n) is 1.93. The van der Waals surface area contributed by atoms with Gasteiger partial charge in [-0.25, -0.2) is 4.79 Å². The van der Waals surface area contributed by atoms with E-state index in [4.69, 9.17) is 10.5 Å². The summed E-state index contributed by atoms with van der Waals surface area (Å²) in [6.45, 7) is 6.12. The number of alkyl halides is 3. The van der Waals surface area contributed by atoms with E-state index in [1.807, 2.05) is 0 Å². The van der Waals surface area contributed by atoms with Gasteiger partial charge in [-0.1, -0.05) is 6.07 Å². The second kappa shape index (κ2) is 6.98. The highest BCUT2D eigenvalue weighted by molar-refractivity contribution is 5.86. The van der Waals surface area contributed by atoms with E-state index in [0.717, 1.165) is 12.1 Å². The first-order valence-electron chi connectivity index (χ1n) is 7.33. The summed E-state index contributed by atoms with van der Waals surface area (Å²) in [5.41, 5.74) is 3.44. The van der Waals surface area contributed by atoms with Crippen LogP contribution in [-0.2, 0) is 17.3 Å². The average molecular weight is 348 g/mol. The Labute approximate surface area is 139 Å². The summed E-state index contributed by atoms with van der Waals surface area (Å²) in [5.74, 6) is 0. The molecule has 24 heavy (non-hydrogen) atoms. The molecule has 8 heteroatoms. The molecule has 5 nitrogen and oxygen atoms in total. The van der Waals surface area contributed by atoms with Crippen molar-refractivity contribution in [3.8, 4) is 0 Å². The smallest absolute Gasteiger partial charge is 0.416 e. The number of nitrogens with one attached hydrogen (secondary N) is 1. The summed E-state index contributed by atoms with van der Waals surface area (Å²) in [6.07, 6.45) is -5.34. The van der Waals surface area contributed by atoms with Crippen LogP contribution in [0.25, 0.3) is 0 Å². The molecule has 1 amide bonds. The van der Waals surface area contributed by atoms with Crippen molar-refractivity contribution in [1.29, 1.82) is 0 Å². The summed E-state index contributed by atoms with van der Waals surface area (Å²) in [6, 6.07) is 2.96. The average Bonchev–Trinajstić information content (AvgIpc) is 2.37. The summed E-state index contributed by atoms with van der Waals surface area (Å²) >= 11 is 0. The lowest BCUT2D eigenvalue weighted by Crippen LogP contribution is -2.42. The fraction of sp³-hybridized carbons (Fsp3) is 0.562. The topological polar surface area (TPSA) is 84.6 Å². The molecule has 1 unspecified atom stereocenters. The standard InChI is InChI=1S/C16H23F3N2O3/c1-14(2,3)24-13(23)21-12-7-11(16(17,18)19)6-5-10(12)8-15(4,20)9-22/h5-7,22H,8-9,20H2,1-4H3,(H,21,23). The van der Waals surface area contributed by atoms with Gasteiger partial charge in [0.2, 0.25) is 0 Å². The molecule has 136 valence electrons. The van der Waals surface area contributed by atoms with Gasteiger partial charge < -0.3 is 15.6 Å². The van der Waals surface area contributed by atoms with Gasteiger partial charge in [0.15, 0.2) is 0 Å². The summed E-state index contributed by atoms with van der Waals surface area (Å²) in [4.78, 5) is 11.9. The molecule has 0 aliphatic rings. The first kappa shape index (κ1) is 20.2. The molecule has 1 atom stereocenters. The van der Waals surface area contributed by atoms with Crippen molar-refractivity contribution in [1.82, 2.24) is 0 Å². The van der Waals surface area contributed by atoms with Gasteiger partial charge in [-0.15, -0.1) is 0 Å². The Balaban J connectivity index is 3.17. The highest BCUT2D eigenvalue weighted by Crippen LogP contribution is 2.33. The third-order valence-electron chi connectivity index (χ3n) is 3.03. The van der Waals surface area contributed by atoms with Crippen LogP contribution in [-0.4, -0.2) is 28.9 Å². The van der Waals surface area contributed by atoms with Crippen LogP contribution in [0.4, 0.5) is 23.7 Å². The molecule has 0 bridgehead atoms. The van der Waals surface area contributed by atoms with E-state index in [-0.39, 0.29) is 18.7 Å². The monoisotopic (exact) mass is 348 g/mol. The molecular formula is C16H23F3N2O3. The number of amides is 1. The van der Waals surface area contributed by atoms with Crippen LogP contribution in [0, 0.1) is 0 Å². The van der Waals surface area contributed by atoms with Crippen LogP contribution < -0.4 is 11.1 Å². The molecule has 0 saturated heterocycles. The Hall–Kier alpha value is -1.80. The van der Waals surface area contributed by atoms with Crippen molar-refractivity contribution < 1.29 is 27.8 Å². The second-order valence-electron chi connectivity index (χ2n) is 6.99. The van der Waals surface area contributed by atoms with Gasteiger partial charge in [-0.05, 0) is 51.8 Å². The molecule has 0 aliphatic carbocycles. The van der Waals surface area contributed by atoms with Crippen molar-refractivity contribution in [2.75, 3.05) is 11.9 Å². The van der Waals surface area contributed by atoms with Gasteiger partial charge >= 0.3 is 12.3 Å². The Kier molecular flexibility index (Phi) is 5.89. The lowest BCUT2D eigenvalue weighted by molar-refractivity contribution is -0.137. The predicted octanol–water partition coefficient (Wildman–Crippen LogP) is 3.30. The minimum atomic E-state index is -4.55. The molecule has 0 spiro atoms. The van der Waals surface area contributed by atoms with Gasteiger partial charge in [-0.2, -0.15) is 13.2 Å². The molecule has 0 aliphatic heterocycles. The fourth-order valence-corrected chi connectivity index (χ4v) is 1.93. The summed E-state index contributed by atoms with van der Waals surface area (Å²) < 4.78 is 43.8. The van der Waals surface area contributed by atoms with E-state index < -0.39 is 29.0 Å². The number of halogens is 3. The van der Waals surface area contributed by atoms with Crippen LogP contribution in [0.15, 0.2) is 18.2 Å². The minimum absolute atomic E-state index is 0.0517. The van der Waals surface area contributed by atoms with Gasteiger partial charge in [0.25, 0.3) is 0 Å². The Bertz CT molecular complexity index is 593. The summed E-state index contributed by atoms with van der Waals surface area (Å²) in [5, 5.41) is 11.6. The zero-order valence-corrected chi connectivity index (χ0v) is 14.1. The third-order valence-corrected chi connectivity index (χ3v) is 3.03. The molecular weight excluding hydrogens is 325 g/mol. The van der Waals surface area contributed by atoms with Crippen LogP contribution in [0.5, 0.6) is 0 Å². The first-order chi connectivity index (χ1) is 10.7. The number of hydrogen-bond acceptors (Lipinski definition) is 4. The van der Waals surface area contributed by atoms with E-state index in [2.05, 4.69) is 5.32 Å². The van der Waals surface area contributed by atoms with Crippen LogP contribution in [0.3, 0.4) is 0 Å². The molecule has 4 N–H and O–H groups in total. The van der Waals surface area contributed by atoms with Crippen molar-refractivity contribution in [2.45, 2.75) is 51.4 Å². The molecule has 0 fully saturated rings.